The summed E-state index contributed by atoms with van der Waals surface area (Å²) in [7, 11) is -3.92. The van der Waals surface area contributed by atoms with E-state index in [-0.39, 0.29) is 28.5 Å². The fourth-order valence-corrected chi connectivity index (χ4v) is 5.35. The fourth-order valence-electron chi connectivity index (χ4n) is 2.74. The highest BCUT2D eigenvalue weighted by molar-refractivity contribution is 7.89. The van der Waals surface area contributed by atoms with Crippen molar-refractivity contribution in [3.63, 3.8) is 0 Å². The van der Waals surface area contributed by atoms with E-state index in [9.17, 15) is 12.8 Å². The average molecular weight is 355 g/mol. The summed E-state index contributed by atoms with van der Waals surface area (Å²) in [4.78, 5) is -0.265. The maximum atomic E-state index is 13.8. The minimum absolute atomic E-state index is 0.202. The zero-order chi connectivity index (χ0) is 15.8. The van der Waals surface area contributed by atoms with Crippen LogP contribution in [0.25, 0.3) is 0 Å². The molecule has 1 aromatic carbocycles. The molecule has 0 spiro atoms. The van der Waals surface area contributed by atoms with Gasteiger partial charge in [-0.3, -0.25) is 0 Å². The molecule has 1 aromatic rings. The molecule has 0 aliphatic carbocycles. The Hall–Kier alpha value is -0.400. The van der Waals surface area contributed by atoms with Crippen molar-refractivity contribution in [3.8, 4) is 0 Å². The molecule has 1 saturated heterocycles. The SMILES string of the molecule is CC1CCCC(CN)N1S(=O)(=O)c1ccc(Cl)c(F)c1Cl. The normalized spacial score (nSPS) is 24.2. The Bertz CT molecular complexity index is 639. The van der Waals surface area contributed by atoms with Crippen LogP contribution >= 0.6 is 23.2 Å². The largest absolute Gasteiger partial charge is 0.329 e. The summed E-state index contributed by atoms with van der Waals surface area (Å²) in [6.07, 6.45) is 2.34. The molecule has 4 nitrogen and oxygen atoms in total. The summed E-state index contributed by atoms with van der Waals surface area (Å²) in [5.74, 6) is -0.923. The Morgan fingerprint density at radius 1 is 1.38 bits per heavy atom. The maximum absolute atomic E-state index is 13.8. The molecule has 0 radical (unpaired) electrons. The van der Waals surface area contributed by atoms with Crippen molar-refractivity contribution in [1.29, 1.82) is 0 Å². The van der Waals surface area contributed by atoms with Gasteiger partial charge in [-0.15, -0.1) is 0 Å². The summed E-state index contributed by atoms with van der Waals surface area (Å²) in [5, 5.41) is -0.683. The average Bonchev–Trinajstić information content (AvgIpc) is 2.43. The fraction of sp³-hybridized carbons (Fsp3) is 0.538. The molecule has 8 heteroatoms. The zero-order valence-corrected chi connectivity index (χ0v) is 13.8. The monoisotopic (exact) mass is 354 g/mol. The third-order valence-electron chi connectivity index (χ3n) is 3.78. The number of nitrogens with two attached hydrogens (primary N) is 1. The Labute approximate surface area is 134 Å². The number of nitrogens with zero attached hydrogens (tertiary/aromatic N) is 1. The smallest absolute Gasteiger partial charge is 0.245 e. The first kappa shape index (κ1) is 17.0. The number of hydrogen-bond donors (Lipinski definition) is 1. The number of benzene rings is 1. The number of sulfonamides is 1. The van der Waals surface area contributed by atoms with Crippen LogP contribution in [0.1, 0.15) is 26.2 Å². The second-order valence-corrected chi connectivity index (χ2v) is 7.77. The van der Waals surface area contributed by atoms with E-state index in [1.54, 1.807) is 0 Å². The Morgan fingerprint density at radius 2 is 2.05 bits per heavy atom. The van der Waals surface area contributed by atoms with Crippen molar-refractivity contribution >= 4 is 33.2 Å². The molecule has 0 bridgehead atoms. The van der Waals surface area contributed by atoms with E-state index in [4.69, 9.17) is 28.9 Å². The molecule has 1 aliphatic rings. The van der Waals surface area contributed by atoms with Crippen molar-refractivity contribution in [2.75, 3.05) is 6.54 Å². The summed E-state index contributed by atoms with van der Waals surface area (Å²) in [5.41, 5.74) is 5.69. The standard InChI is InChI=1S/C13H17Cl2FN2O2S/c1-8-3-2-4-9(7-17)18(8)21(19,20)11-6-5-10(14)13(16)12(11)15/h5-6,8-9H,2-4,7,17H2,1H3. The van der Waals surface area contributed by atoms with Gasteiger partial charge < -0.3 is 5.73 Å². The first-order valence-electron chi connectivity index (χ1n) is 6.67. The van der Waals surface area contributed by atoms with Gasteiger partial charge in [0.2, 0.25) is 10.0 Å². The second-order valence-electron chi connectivity index (χ2n) is 5.18. The van der Waals surface area contributed by atoms with Gasteiger partial charge in [-0.25, -0.2) is 12.8 Å². The highest BCUT2D eigenvalue weighted by Crippen LogP contribution is 2.35. The van der Waals surface area contributed by atoms with E-state index in [0.29, 0.717) is 6.42 Å². The molecule has 2 atom stereocenters. The number of piperidine rings is 1. The summed E-state index contributed by atoms with van der Waals surface area (Å²) in [6, 6.07) is 1.93. The van der Waals surface area contributed by atoms with Crippen LogP contribution in [-0.2, 0) is 10.0 Å². The highest BCUT2D eigenvalue weighted by atomic mass is 35.5. The van der Waals surface area contributed by atoms with Crippen LogP contribution in [0.4, 0.5) is 4.39 Å². The van der Waals surface area contributed by atoms with Gasteiger partial charge in [0.15, 0.2) is 5.82 Å². The molecule has 1 fully saturated rings. The van der Waals surface area contributed by atoms with Crippen molar-refractivity contribution in [2.45, 2.75) is 43.2 Å². The van der Waals surface area contributed by atoms with E-state index < -0.39 is 20.9 Å². The molecule has 1 heterocycles. The molecule has 2 N–H and O–H groups in total. The number of halogens is 3. The van der Waals surface area contributed by atoms with E-state index in [2.05, 4.69) is 0 Å². The van der Waals surface area contributed by atoms with Gasteiger partial charge in [0.1, 0.15) is 4.90 Å². The molecule has 21 heavy (non-hydrogen) atoms. The first-order chi connectivity index (χ1) is 9.80. The van der Waals surface area contributed by atoms with Crippen LogP contribution in [0.2, 0.25) is 10.0 Å². The van der Waals surface area contributed by atoms with Gasteiger partial charge in [-0.2, -0.15) is 4.31 Å². The van der Waals surface area contributed by atoms with Crippen LogP contribution in [0.5, 0.6) is 0 Å². The molecule has 0 amide bonds. The Kier molecular flexibility index (Phi) is 5.15. The van der Waals surface area contributed by atoms with Crippen LogP contribution in [0, 0.1) is 5.82 Å². The van der Waals surface area contributed by atoms with E-state index >= 15 is 0 Å². The quantitative estimate of drug-likeness (QED) is 0.848. The number of hydrogen-bond acceptors (Lipinski definition) is 3. The topological polar surface area (TPSA) is 63.4 Å². The summed E-state index contributed by atoms with van der Waals surface area (Å²) in [6.45, 7) is 2.04. The van der Waals surface area contributed by atoms with Crippen molar-refractivity contribution < 1.29 is 12.8 Å². The molecule has 1 aliphatic heterocycles. The Balaban J connectivity index is 2.53. The lowest BCUT2D eigenvalue weighted by Gasteiger charge is -2.39. The van der Waals surface area contributed by atoms with Gasteiger partial charge in [0.25, 0.3) is 0 Å². The van der Waals surface area contributed by atoms with Crippen molar-refractivity contribution in [3.05, 3.63) is 28.0 Å². The van der Waals surface area contributed by atoms with Crippen LogP contribution in [-0.4, -0.2) is 31.4 Å². The predicted octanol–water partition coefficient (Wildman–Crippen LogP) is 3.02. The molecule has 2 rings (SSSR count). The lowest BCUT2D eigenvalue weighted by atomic mass is 10.00. The zero-order valence-electron chi connectivity index (χ0n) is 11.5. The molecular weight excluding hydrogens is 338 g/mol. The predicted molar refractivity (Wildman–Crippen MR) is 81.6 cm³/mol. The third kappa shape index (κ3) is 3.05. The third-order valence-corrected chi connectivity index (χ3v) is 6.66. The lowest BCUT2D eigenvalue weighted by Crippen LogP contribution is -2.51. The van der Waals surface area contributed by atoms with Gasteiger partial charge in [0.05, 0.1) is 10.0 Å². The molecule has 118 valence electrons. The van der Waals surface area contributed by atoms with Crippen LogP contribution in [0.3, 0.4) is 0 Å². The van der Waals surface area contributed by atoms with Crippen molar-refractivity contribution in [1.82, 2.24) is 4.31 Å². The summed E-state index contributed by atoms with van der Waals surface area (Å²) < 4.78 is 40.8. The van der Waals surface area contributed by atoms with Gasteiger partial charge in [-0.1, -0.05) is 29.6 Å². The minimum atomic E-state index is -3.92. The highest BCUT2D eigenvalue weighted by Gasteiger charge is 2.38. The lowest BCUT2D eigenvalue weighted by molar-refractivity contribution is 0.196. The number of rotatable bonds is 3. The molecule has 0 aromatic heterocycles. The first-order valence-corrected chi connectivity index (χ1v) is 8.87. The second kappa shape index (κ2) is 6.38. The Morgan fingerprint density at radius 3 is 2.67 bits per heavy atom. The maximum Gasteiger partial charge on any atom is 0.245 e. The van der Waals surface area contributed by atoms with Crippen LogP contribution < -0.4 is 5.73 Å². The molecular formula is C13H17Cl2FN2O2S. The van der Waals surface area contributed by atoms with Crippen molar-refractivity contribution in [2.24, 2.45) is 5.73 Å². The van der Waals surface area contributed by atoms with E-state index in [1.165, 1.54) is 16.4 Å². The van der Waals surface area contributed by atoms with Gasteiger partial charge in [0, 0.05) is 18.6 Å². The van der Waals surface area contributed by atoms with E-state index in [0.717, 1.165) is 12.8 Å². The minimum Gasteiger partial charge on any atom is -0.329 e. The van der Waals surface area contributed by atoms with E-state index in [1.807, 2.05) is 6.92 Å². The molecule has 0 saturated carbocycles. The van der Waals surface area contributed by atoms with Crippen LogP contribution in [0.15, 0.2) is 17.0 Å². The molecule has 2 unspecified atom stereocenters. The summed E-state index contributed by atoms with van der Waals surface area (Å²) >= 11 is 11.5. The van der Waals surface area contributed by atoms with Gasteiger partial charge >= 0.3 is 0 Å². The van der Waals surface area contributed by atoms with Gasteiger partial charge in [-0.05, 0) is 31.9 Å².